The Morgan fingerprint density at radius 3 is 2.58 bits per heavy atom. The third-order valence-corrected chi connectivity index (χ3v) is 4.20. The molecule has 0 radical (unpaired) electrons. The molecule has 0 aromatic heterocycles. The average Bonchev–Trinajstić information content (AvgIpc) is 2.60. The summed E-state index contributed by atoms with van der Waals surface area (Å²) < 4.78 is 5.51. The fourth-order valence-electron chi connectivity index (χ4n) is 1.76. The fourth-order valence-corrected chi connectivity index (χ4v) is 2.58. The number of hydrogen-bond donors (Lipinski definition) is 1. The SMILES string of the molecule is CCCOc1ccc(/C=N/NC(=O)CSc2ccc(Cl)cc2)cc1. The molecule has 2 aromatic carbocycles. The van der Waals surface area contributed by atoms with Crippen LogP contribution in [0.25, 0.3) is 0 Å². The number of ether oxygens (including phenoxy) is 1. The van der Waals surface area contributed by atoms with Crippen molar-refractivity contribution < 1.29 is 9.53 Å². The Labute approximate surface area is 151 Å². The summed E-state index contributed by atoms with van der Waals surface area (Å²) in [5.41, 5.74) is 3.41. The smallest absolute Gasteiger partial charge is 0.250 e. The number of hydrogen-bond acceptors (Lipinski definition) is 4. The van der Waals surface area contributed by atoms with Crippen molar-refractivity contribution in [2.75, 3.05) is 12.4 Å². The lowest BCUT2D eigenvalue weighted by Crippen LogP contribution is -2.19. The Hall–Kier alpha value is -1.98. The molecular weight excluding hydrogens is 344 g/mol. The van der Waals surface area contributed by atoms with Crippen LogP contribution in [0.1, 0.15) is 18.9 Å². The van der Waals surface area contributed by atoms with Crippen LogP contribution in [-0.2, 0) is 4.79 Å². The predicted molar refractivity (Wildman–Crippen MR) is 100 cm³/mol. The van der Waals surface area contributed by atoms with Gasteiger partial charge in [-0.3, -0.25) is 4.79 Å². The second-order valence-corrected chi connectivity index (χ2v) is 6.44. The van der Waals surface area contributed by atoms with Crippen molar-refractivity contribution in [3.05, 3.63) is 59.1 Å². The van der Waals surface area contributed by atoms with Gasteiger partial charge in [0.1, 0.15) is 5.75 Å². The predicted octanol–water partition coefficient (Wildman–Crippen LogP) is 4.37. The Kier molecular flexibility index (Phi) is 7.65. The van der Waals surface area contributed by atoms with Crippen LogP contribution in [0, 0.1) is 0 Å². The molecule has 0 bridgehead atoms. The molecule has 0 saturated heterocycles. The van der Waals surface area contributed by atoms with Crippen molar-refractivity contribution in [1.29, 1.82) is 0 Å². The first kappa shape index (κ1) is 18.4. The van der Waals surface area contributed by atoms with Crippen molar-refractivity contribution in [2.45, 2.75) is 18.2 Å². The number of carbonyl (C=O) groups excluding carboxylic acids is 1. The molecule has 1 amide bonds. The molecule has 0 saturated carbocycles. The van der Waals surface area contributed by atoms with Crippen LogP contribution in [0.15, 0.2) is 58.5 Å². The molecule has 0 aliphatic rings. The van der Waals surface area contributed by atoms with Gasteiger partial charge < -0.3 is 4.74 Å². The topological polar surface area (TPSA) is 50.7 Å². The van der Waals surface area contributed by atoms with E-state index in [0.29, 0.717) is 17.4 Å². The lowest BCUT2D eigenvalue weighted by Gasteiger charge is -2.04. The van der Waals surface area contributed by atoms with Crippen LogP contribution in [0.3, 0.4) is 0 Å². The summed E-state index contributed by atoms with van der Waals surface area (Å²) in [6.45, 7) is 2.77. The monoisotopic (exact) mass is 362 g/mol. The quantitative estimate of drug-likeness (QED) is 0.431. The minimum absolute atomic E-state index is 0.158. The maximum absolute atomic E-state index is 11.8. The van der Waals surface area contributed by atoms with Gasteiger partial charge in [-0.1, -0.05) is 18.5 Å². The Morgan fingerprint density at radius 2 is 1.92 bits per heavy atom. The lowest BCUT2D eigenvalue weighted by atomic mass is 10.2. The molecule has 1 N–H and O–H groups in total. The van der Waals surface area contributed by atoms with Crippen LogP contribution >= 0.6 is 23.4 Å². The molecule has 0 aliphatic carbocycles. The number of carbonyl (C=O) groups is 1. The third-order valence-electron chi connectivity index (χ3n) is 2.94. The number of amides is 1. The van der Waals surface area contributed by atoms with Crippen molar-refractivity contribution in [3.8, 4) is 5.75 Å². The van der Waals surface area contributed by atoms with Crippen molar-refractivity contribution in [1.82, 2.24) is 5.43 Å². The minimum atomic E-state index is -0.158. The molecule has 0 fully saturated rings. The number of nitrogens with zero attached hydrogens (tertiary/aromatic N) is 1. The molecule has 126 valence electrons. The van der Waals surface area contributed by atoms with E-state index in [1.165, 1.54) is 11.8 Å². The number of benzene rings is 2. The standard InChI is InChI=1S/C18H19ClN2O2S/c1-2-11-23-16-7-3-14(4-8-16)12-20-21-18(22)13-24-17-9-5-15(19)6-10-17/h3-10,12H,2,11,13H2,1H3,(H,21,22)/b20-12+. The van der Waals surface area contributed by atoms with Crippen LogP contribution in [-0.4, -0.2) is 24.5 Å². The lowest BCUT2D eigenvalue weighted by molar-refractivity contribution is -0.118. The van der Waals surface area contributed by atoms with Gasteiger partial charge in [-0.2, -0.15) is 5.10 Å². The van der Waals surface area contributed by atoms with E-state index in [-0.39, 0.29) is 5.91 Å². The molecule has 0 aliphatic heterocycles. The number of hydrazone groups is 1. The molecule has 2 aromatic rings. The van der Waals surface area contributed by atoms with E-state index >= 15 is 0 Å². The van der Waals surface area contributed by atoms with Gasteiger partial charge in [0.05, 0.1) is 18.6 Å². The first-order valence-electron chi connectivity index (χ1n) is 7.60. The van der Waals surface area contributed by atoms with E-state index in [4.69, 9.17) is 16.3 Å². The van der Waals surface area contributed by atoms with Gasteiger partial charge >= 0.3 is 0 Å². The minimum Gasteiger partial charge on any atom is -0.494 e. The summed E-state index contributed by atoms with van der Waals surface area (Å²) in [6, 6.07) is 14.9. The molecule has 6 heteroatoms. The number of nitrogens with one attached hydrogen (secondary N) is 1. The van der Waals surface area contributed by atoms with E-state index in [2.05, 4.69) is 17.5 Å². The zero-order valence-electron chi connectivity index (χ0n) is 13.4. The van der Waals surface area contributed by atoms with Crippen LogP contribution in [0.4, 0.5) is 0 Å². The summed E-state index contributed by atoms with van der Waals surface area (Å²) in [5.74, 6) is 0.967. The summed E-state index contributed by atoms with van der Waals surface area (Å²) in [7, 11) is 0. The first-order chi connectivity index (χ1) is 11.7. The van der Waals surface area contributed by atoms with Gasteiger partial charge in [0.2, 0.25) is 5.91 Å². The van der Waals surface area contributed by atoms with Gasteiger partial charge in [0.15, 0.2) is 0 Å². The summed E-state index contributed by atoms with van der Waals surface area (Å²) >= 11 is 7.25. The number of thioether (sulfide) groups is 1. The second-order valence-electron chi connectivity index (χ2n) is 4.95. The first-order valence-corrected chi connectivity index (χ1v) is 8.97. The molecule has 0 unspecified atom stereocenters. The fraction of sp³-hybridized carbons (Fsp3) is 0.222. The molecule has 24 heavy (non-hydrogen) atoms. The number of rotatable bonds is 8. The summed E-state index contributed by atoms with van der Waals surface area (Å²) in [6.07, 6.45) is 2.58. The Bertz CT molecular complexity index is 672. The average molecular weight is 363 g/mol. The van der Waals surface area contributed by atoms with Crippen LogP contribution in [0.5, 0.6) is 5.75 Å². The van der Waals surface area contributed by atoms with E-state index in [1.54, 1.807) is 18.3 Å². The van der Waals surface area contributed by atoms with E-state index in [1.807, 2.05) is 36.4 Å². The highest BCUT2D eigenvalue weighted by atomic mass is 35.5. The molecule has 4 nitrogen and oxygen atoms in total. The maximum Gasteiger partial charge on any atom is 0.250 e. The largest absolute Gasteiger partial charge is 0.494 e. The summed E-state index contributed by atoms with van der Waals surface area (Å²) in [4.78, 5) is 12.7. The molecular formula is C18H19ClN2O2S. The maximum atomic E-state index is 11.8. The van der Waals surface area contributed by atoms with Crippen LogP contribution < -0.4 is 10.2 Å². The number of halogens is 1. The van der Waals surface area contributed by atoms with Gasteiger partial charge in [0, 0.05) is 9.92 Å². The molecule has 0 atom stereocenters. The van der Waals surface area contributed by atoms with Gasteiger partial charge in [0.25, 0.3) is 0 Å². The summed E-state index contributed by atoms with van der Waals surface area (Å²) in [5, 5.41) is 4.64. The van der Waals surface area contributed by atoms with E-state index in [0.717, 1.165) is 22.6 Å². The third kappa shape index (κ3) is 6.64. The van der Waals surface area contributed by atoms with Gasteiger partial charge in [-0.15, -0.1) is 11.8 Å². The van der Waals surface area contributed by atoms with Crippen molar-refractivity contribution in [2.24, 2.45) is 5.10 Å². The molecule has 2 rings (SSSR count). The Balaban J connectivity index is 1.74. The Morgan fingerprint density at radius 1 is 1.21 bits per heavy atom. The van der Waals surface area contributed by atoms with Crippen molar-refractivity contribution in [3.63, 3.8) is 0 Å². The molecule has 0 spiro atoms. The van der Waals surface area contributed by atoms with Crippen LogP contribution in [0.2, 0.25) is 5.02 Å². The van der Waals surface area contributed by atoms with Crippen molar-refractivity contribution >= 4 is 35.5 Å². The highest BCUT2D eigenvalue weighted by Crippen LogP contribution is 2.19. The zero-order chi connectivity index (χ0) is 17.2. The molecule has 0 heterocycles. The van der Waals surface area contributed by atoms with Gasteiger partial charge in [-0.05, 0) is 60.5 Å². The van der Waals surface area contributed by atoms with E-state index in [9.17, 15) is 4.79 Å². The van der Waals surface area contributed by atoms with Gasteiger partial charge in [-0.25, -0.2) is 5.43 Å². The zero-order valence-corrected chi connectivity index (χ0v) is 14.9. The normalized spacial score (nSPS) is 10.8. The van der Waals surface area contributed by atoms with E-state index < -0.39 is 0 Å². The highest BCUT2D eigenvalue weighted by molar-refractivity contribution is 8.00. The highest BCUT2D eigenvalue weighted by Gasteiger charge is 2.01. The second kappa shape index (κ2) is 10.0.